The molecule has 9 heteroatoms. The summed E-state index contributed by atoms with van der Waals surface area (Å²) in [5.74, 6) is 0.329. The van der Waals surface area contributed by atoms with Crippen LogP contribution in [0.1, 0.15) is 52.0 Å². The lowest BCUT2D eigenvalue weighted by Gasteiger charge is -2.43. The number of pyridine rings is 1. The summed E-state index contributed by atoms with van der Waals surface area (Å²) >= 11 is 0. The molecule has 216 valence electrons. The van der Waals surface area contributed by atoms with Crippen molar-refractivity contribution in [3.8, 4) is 17.8 Å². The summed E-state index contributed by atoms with van der Waals surface area (Å²) in [6.45, 7) is 17.8. The maximum atomic E-state index is 12.9. The third-order valence-corrected chi connectivity index (χ3v) is 9.43. The molecule has 0 bridgehead atoms. The Balaban J connectivity index is 1.16. The monoisotopic (exact) mass is 556 g/mol. The van der Waals surface area contributed by atoms with Crippen LogP contribution in [0.4, 0.5) is 5.69 Å². The van der Waals surface area contributed by atoms with E-state index < -0.39 is 0 Å². The van der Waals surface area contributed by atoms with Crippen molar-refractivity contribution in [1.29, 1.82) is 0 Å². The van der Waals surface area contributed by atoms with Crippen molar-refractivity contribution in [2.45, 2.75) is 64.1 Å². The summed E-state index contributed by atoms with van der Waals surface area (Å²) in [5.41, 5.74) is 5.04. The van der Waals surface area contributed by atoms with Gasteiger partial charge in [0.25, 0.3) is 12.6 Å². The van der Waals surface area contributed by atoms with Gasteiger partial charge in [0.2, 0.25) is 5.91 Å². The van der Waals surface area contributed by atoms with Crippen LogP contribution < -0.4 is 4.90 Å². The Hall–Kier alpha value is -3.48. The molecule has 0 spiro atoms. The van der Waals surface area contributed by atoms with Crippen LogP contribution in [-0.4, -0.2) is 88.3 Å². The molecule has 1 amide bonds. The topological polar surface area (TPSA) is 70.6 Å². The second-order valence-corrected chi connectivity index (χ2v) is 12.0. The van der Waals surface area contributed by atoms with E-state index in [9.17, 15) is 4.79 Å². The van der Waals surface area contributed by atoms with Gasteiger partial charge in [-0.3, -0.25) is 9.78 Å². The van der Waals surface area contributed by atoms with E-state index >= 15 is 0 Å². The van der Waals surface area contributed by atoms with Crippen molar-refractivity contribution >= 4 is 17.1 Å². The Labute approximate surface area is 242 Å². The van der Waals surface area contributed by atoms with Crippen LogP contribution in [0.3, 0.4) is 0 Å². The first-order valence-electron chi connectivity index (χ1n) is 15.2. The van der Waals surface area contributed by atoms with E-state index in [0.717, 1.165) is 93.0 Å². The summed E-state index contributed by atoms with van der Waals surface area (Å²) in [4.78, 5) is 28.5. The zero-order valence-corrected chi connectivity index (χ0v) is 24.6. The van der Waals surface area contributed by atoms with Crippen LogP contribution in [0.5, 0.6) is 0 Å². The van der Waals surface area contributed by atoms with E-state index in [2.05, 4.69) is 71.0 Å². The second kappa shape index (κ2) is 11.4. The summed E-state index contributed by atoms with van der Waals surface area (Å²) in [5, 5.41) is 4.58. The molecule has 0 atom stereocenters. The lowest BCUT2D eigenvalue weighted by molar-refractivity contribution is -0.138. The number of anilines is 1. The number of rotatable bonds is 7. The Kier molecular flexibility index (Phi) is 7.71. The zero-order valence-electron chi connectivity index (χ0n) is 24.6. The smallest absolute Gasteiger partial charge is 0.273 e. The molecule has 3 aliphatic rings. The van der Waals surface area contributed by atoms with Crippen molar-refractivity contribution in [2.24, 2.45) is 5.92 Å². The van der Waals surface area contributed by atoms with Crippen LogP contribution >= 0.6 is 0 Å². The molecule has 3 fully saturated rings. The Morgan fingerprint density at radius 3 is 2.51 bits per heavy atom. The molecule has 5 heterocycles. The van der Waals surface area contributed by atoms with Crippen LogP contribution in [0.2, 0.25) is 0 Å². The van der Waals surface area contributed by atoms with Gasteiger partial charge in [0, 0.05) is 94.5 Å². The van der Waals surface area contributed by atoms with E-state index in [4.69, 9.17) is 16.3 Å². The van der Waals surface area contributed by atoms with Crippen molar-refractivity contribution in [3.63, 3.8) is 0 Å². The fraction of sp³-hybridized carbons (Fsp3) is 0.562. The predicted molar refractivity (Wildman–Crippen MR) is 161 cm³/mol. The molecule has 9 nitrogen and oxygen atoms in total. The molecule has 3 aromatic heterocycles. The predicted octanol–water partition coefficient (Wildman–Crippen LogP) is 4.52. The first-order valence-corrected chi connectivity index (χ1v) is 15.2. The molecular weight excluding hydrogens is 514 g/mol. The number of ether oxygens (including phenoxy) is 1. The standard InChI is InChI=1S/C32H42N7O2/c1-5-41-32(9-12-36(13-10-32)23(2)3)26-6-7-28(34-21-26)25-20-30-29(8-11-35-39(30)22-25)37-14-16-38(17-15-37)31(40)24-18-27(19-24)33-4/h4,6-8,11,20-24,27H,5,9-10,12-19H2,1-3H3/q+1. The van der Waals surface area contributed by atoms with Gasteiger partial charge in [-0.25, -0.2) is 4.52 Å². The second-order valence-electron chi connectivity index (χ2n) is 12.0. The van der Waals surface area contributed by atoms with Gasteiger partial charge in [-0.15, -0.1) is 0 Å². The van der Waals surface area contributed by atoms with E-state index in [1.807, 2.05) is 21.8 Å². The first kappa shape index (κ1) is 27.7. The average Bonchev–Trinajstić information content (AvgIpc) is 3.42. The highest BCUT2D eigenvalue weighted by atomic mass is 16.5. The highest BCUT2D eigenvalue weighted by molar-refractivity contribution is 5.81. The van der Waals surface area contributed by atoms with Gasteiger partial charge in [-0.1, -0.05) is 10.9 Å². The lowest BCUT2D eigenvalue weighted by Crippen LogP contribution is -2.52. The molecule has 0 radical (unpaired) electrons. The SMILES string of the molecule is C#[N+]C1CC(C(=O)N2CCN(c3ccnn4cc(-c5ccc(C6(OCC)CCN(C(C)C)CC6)cn5)cc34)CC2)C1. The van der Waals surface area contributed by atoms with Gasteiger partial charge in [0.05, 0.1) is 28.4 Å². The molecule has 1 aliphatic carbocycles. The minimum atomic E-state index is -0.268. The van der Waals surface area contributed by atoms with Gasteiger partial charge in [-0.05, 0) is 51.8 Å². The number of likely N-dealkylation sites (tertiary alicyclic amines) is 1. The highest BCUT2D eigenvalue weighted by Crippen LogP contribution is 2.38. The zero-order chi connectivity index (χ0) is 28.6. The van der Waals surface area contributed by atoms with E-state index in [-0.39, 0.29) is 23.5 Å². The number of hydrogen-bond acceptors (Lipinski definition) is 6. The number of hydrogen-bond donors (Lipinski definition) is 0. The van der Waals surface area contributed by atoms with Crippen molar-refractivity contribution in [1.82, 2.24) is 24.4 Å². The molecule has 2 saturated heterocycles. The normalized spacial score (nSPS) is 23.0. The summed E-state index contributed by atoms with van der Waals surface area (Å²) < 4.78 is 8.33. The minimum absolute atomic E-state index is 0.0785. The molecule has 6 rings (SSSR count). The van der Waals surface area contributed by atoms with Gasteiger partial charge in [0.1, 0.15) is 0 Å². The number of fused-ring (bicyclic) bond motifs is 1. The number of piperidine rings is 1. The van der Waals surface area contributed by atoms with Gasteiger partial charge in [-0.2, -0.15) is 5.10 Å². The number of carbonyl (C=O) groups is 1. The third-order valence-electron chi connectivity index (χ3n) is 9.43. The summed E-state index contributed by atoms with van der Waals surface area (Å²) in [6.07, 6.45) is 9.43. The van der Waals surface area contributed by atoms with Crippen LogP contribution in [0.15, 0.2) is 42.9 Å². The Morgan fingerprint density at radius 2 is 1.88 bits per heavy atom. The number of amides is 1. The quantitative estimate of drug-likeness (QED) is 0.426. The Morgan fingerprint density at radius 1 is 1.12 bits per heavy atom. The molecule has 2 aliphatic heterocycles. The summed E-state index contributed by atoms with van der Waals surface area (Å²) in [7, 11) is 0. The van der Waals surface area contributed by atoms with Crippen molar-refractivity contribution < 1.29 is 9.53 Å². The lowest BCUT2D eigenvalue weighted by atomic mass is 9.79. The average molecular weight is 557 g/mol. The molecular formula is C32H42N7O2+. The summed E-state index contributed by atoms with van der Waals surface area (Å²) in [6, 6.07) is 9.26. The van der Waals surface area contributed by atoms with Crippen LogP contribution in [0, 0.1) is 12.5 Å². The molecule has 41 heavy (non-hydrogen) atoms. The maximum absolute atomic E-state index is 12.9. The Bertz CT molecular complexity index is 1400. The minimum Gasteiger partial charge on any atom is -0.370 e. The van der Waals surface area contributed by atoms with Gasteiger partial charge in [0.15, 0.2) is 0 Å². The van der Waals surface area contributed by atoms with Gasteiger partial charge >= 0.3 is 0 Å². The highest BCUT2D eigenvalue weighted by Gasteiger charge is 2.43. The molecule has 3 aromatic rings. The number of carbonyl (C=O) groups excluding carboxylic acids is 1. The molecule has 1 saturated carbocycles. The van der Waals surface area contributed by atoms with E-state index in [1.54, 1.807) is 0 Å². The maximum Gasteiger partial charge on any atom is 0.273 e. The van der Waals surface area contributed by atoms with Crippen molar-refractivity contribution in [3.05, 3.63) is 53.3 Å². The number of piperazine rings is 1. The fourth-order valence-corrected chi connectivity index (χ4v) is 6.77. The van der Waals surface area contributed by atoms with Crippen LogP contribution in [0.25, 0.3) is 21.6 Å². The molecule has 0 aromatic carbocycles. The number of nitrogens with zero attached hydrogens (tertiary/aromatic N) is 7. The fourth-order valence-electron chi connectivity index (χ4n) is 6.77. The molecule has 0 unspecified atom stereocenters. The largest absolute Gasteiger partial charge is 0.370 e. The van der Waals surface area contributed by atoms with Crippen molar-refractivity contribution in [2.75, 3.05) is 50.8 Å². The van der Waals surface area contributed by atoms with Crippen LogP contribution in [-0.2, 0) is 15.1 Å². The number of aromatic nitrogens is 3. The van der Waals surface area contributed by atoms with E-state index in [1.165, 1.54) is 0 Å². The molecule has 0 N–H and O–H groups in total. The third kappa shape index (κ3) is 5.31. The van der Waals surface area contributed by atoms with E-state index in [0.29, 0.717) is 12.6 Å². The van der Waals surface area contributed by atoms with Gasteiger partial charge < -0.3 is 19.4 Å². The first-order chi connectivity index (χ1) is 19.9.